The Morgan fingerprint density at radius 1 is 1.25 bits per heavy atom. The summed E-state index contributed by atoms with van der Waals surface area (Å²) in [5.74, 6) is 0.798. The average Bonchev–Trinajstić information content (AvgIpc) is 3.12. The first-order valence-corrected chi connectivity index (χ1v) is 7.61. The number of nitrogens with one attached hydrogen (secondary N) is 1. The second-order valence-electron chi connectivity index (χ2n) is 4.88. The normalized spacial score (nSPS) is 14.4. The van der Waals surface area contributed by atoms with Crippen LogP contribution in [0.25, 0.3) is 10.3 Å². The molecular weight excluding hydrogens is 272 g/mol. The first-order valence-electron chi connectivity index (χ1n) is 6.73. The minimum atomic E-state index is 0.735. The Bertz CT molecular complexity index is 746. The third-order valence-electron chi connectivity index (χ3n) is 3.65. The van der Waals surface area contributed by atoms with Gasteiger partial charge in [0.1, 0.15) is 16.7 Å². The summed E-state index contributed by atoms with van der Waals surface area (Å²) in [6.45, 7) is 1.78. The van der Waals surface area contributed by atoms with Gasteiger partial charge in [0.05, 0.1) is 11.7 Å². The first kappa shape index (κ1) is 11.8. The minimum absolute atomic E-state index is 0.735. The van der Waals surface area contributed by atoms with Crippen molar-refractivity contribution in [3.05, 3.63) is 29.3 Å². The number of rotatable bonds is 3. The summed E-state index contributed by atoms with van der Waals surface area (Å²) >= 11 is 1.53. The van der Waals surface area contributed by atoms with E-state index in [0.717, 1.165) is 35.7 Å². The lowest BCUT2D eigenvalue weighted by Gasteiger charge is -2.15. The van der Waals surface area contributed by atoms with Gasteiger partial charge < -0.3 is 5.32 Å². The van der Waals surface area contributed by atoms with Crippen molar-refractivity contribution in [1.82, 2.24) is 24.7 Å². The molecular formula is C13H14N6S. The van der Waals surface area contributed by atoms with Gasteiger partial charge in [-0.05, 0) is 19.3 Å². The van der Waals surface area contributed by atoms with E-state index < -0.39 is 0 Å². The summed E-state index contributed by atoms with van der Waals surface area (Å²) in [6.07, 6.45) is 7.14. The van der Waals surface area contributed by atoms with E-state index in [1.54, 1.807) is 11.8 Å². The predicted octanol–water partition coefficient (Wildman–Crippen LogP) is 2.23. The van der Waals surface area contributed by atoms with Crippen LogP contribution in [0.1, 0.15) is 24.1 Å². The molecule has 0 spiro atoms. The number of thiazole rings is 1. The molecule has 0 atom stereocenters. The molecule has 20 heavy (non-hydrogen) atoms. The summed E-state index contributed by atoms with van der Waals surface area (Å²) in [7, 11) is 0. The summed E-state index contributed by atoms with van der Waals surface area (Å²) in [4.78, 5) is 13.7. The highest BCUT2D eigenvalue weighted by Crippen LogP contribution is 2.22. The second-order valence-corrected chi connectivity index (χ2v) is 5.71. The molecule has 3 aromatic heterocycles. The van der Waals surface area contributed by atoms with Crippen molar-refractivity contribution in [3.63, 3.8) is 0 Å². The minimum Gasteiger partial charge on any atom is -0.364 e. The predicted molar refractivity (Wildman–Crippen MR) is 77.7 cm³/mol. The van der Waals surface area contributed by atoms with Crippen LogP contribution in [0.2, 0.25) is 0 Å². The van der Waals surface area contributed by atoms with Crippen LogP contribution in [0.5, 0.6) is 0 Å². The zero-order chi connectivity index (χ0) is 13.4. The number of aryl methyl sites for hydroxylation is 1. The van der Waals surface area contributed by atoms with Crippen molar-refractivity contribution >= 4 is 27.5 Å². The molecule has 0 unspecified atom stereocenters. The highest BCUT2D eigenvalue weighted by Gasteiger charge is 2.15. The van der Waals surface area contributed by atoms with Gasteiger partial charge in [0.2, 0.25) is 0 Å². The van der Waals surface area contributed by atoms with Crippen molar-refractivity contribution in [2.24, 2.45) is 0 Å². The molecule has 3 aromatic rings. The lowest BCUT2D eigenvalue weighted by atomic mass is 10.1. The van der Waals surface area contributed by atoms with Gasteiger partial charge in [-0.1, -0.05) is 0 Å². The highest BCUT2D eigenvalue weighted by molar-refractivity contribution is 7.16. The quantitative estimate of drug-likeness (QED) is 0.799. The van der Waals surface area contributed by atoms with Gasteiger partial charge in [-0.15, -0.1) is 11.3 Å². The maximum atomic E-state index is 4.45. The molecule has 0 saturated heterocycles. The van der Waals surface area contributed by atoms with Gasteiger partial charge in [-0.25, -0.2) is 15.0 Å². The van der Waals surface area contributed by atoms with E-state index in [1.165, 1.54) is 35.4 Å². The largest absolute Gasteiger partial charge is 0.364 e. The topological polar surface area (TPSA) is 68.5 Å². The maximum Gasteiger partial charge on any atom is 0.157 e. The van der Waals surface area contributed by atoms with Crippen molar-refractivity contribution in [1.29, 1.82) is 0 Å². The van der Waals surface area contributed by atoms with Gasteiger partial charge in [-0.3, -0.25) is 4.68 Å². The molecule has 1 N–H and O–H groups in total. The van der Waals surface area contributed by atoms with Gasteiger partial charge >= 0.3 is 0 Å². The SMILES string of the molecule is c1nc(NCc2cnn3c2CCCC3)c2ncsc2n1. The summed E-state index contributed by atoms with van der Waals surface area (Å²) in [5.41, 5.74) is 5.25. The number of hydrogen-bond donors (Lipinski definition) is 1. The van der Waals surface area contributed by atoms with E-state index in [0.29, 0.717) is 0 Å². The van der Waals surface area contributed by atoms with Crippen LogP contribution in [-0.4, -0.2) is 24.7 Å². The van der Waals surface area contributed by atoms with Crippen LogP contribution >= 0.6 is 11.3 Å². The van der Waals surface area contributed by atoms with E-state index >= 15 is 0 Å². The molecule has 4 heterocycles. The van der Waals surface area contributed by atoms with Gasteiger partial charge in [0, 0.05) is 24.3 Å². The average molecular weight is 286 g/mol. The van der Waals surface area contributed by atoms with E-state index in [4.69, 9.17) is 0 Å². The van der Waals surface area contributed by atoms with Crippen LogP contribution in [0, 0.1) is 0 Å². The number of nitrogens with zero attached hydrogens (tertiary/aromatic N) is 5. The fourth-order valence-corrected chi connectivity index (χ4v) is 3.26. The zero-order valence-corrected chi connectivity index (χ0v) is 11.7. The van der Waals surface area contributed by atoms with Crippen molar-refractivity contribution in [2.75, 3.05) is 5.32 Å². The van der Waals surface area contributed by atoms with Crippen LogP contribution in [0.3, 0.4) is 0 Å². The van der Waals surface area contributed by atoms with Crippen molar-refractivity contribution in [3.8, 4) is 0 Å². The van der Waals surface area contributed by atoms with Crippen molar-refractivity contribution < 1.29 is 0 Å². The monoisotopic (exact) mass is 286 g/mol. The molecule has 102 valence electrons. The molecule has 0 radical (unpaired) electrons. The lowest BCUT2D eigenvalue weighted by molar-refractivity contribution is 0.484. The highest BCUT2D eigenvalue weighted by atomic mass is 32.1. The zero-order valence-electron chi connectivity index (χ0n) is 10.9. The maximum absolute atomic E-state index is 4.45. The summed E-state index contributed by atoms with van der Waals surface area (Å²) < 4.78 is 2.12. The molecule has 1 aliphatic rings. The smallest absolute Gasteiger partial charge is 0.157 e. The lowest BCUT2D eigenvalue weighted by Crippen LogP contribution is -2.13. The van der Waals surface area contributed by atoms with E-state index in [-0.39, 0.29) is 0 Å². The Kier molecular flexibility index (Phi) is 2.84. The molecule has 0 aromatic carbocycles. The molecule has 0 aliphatic carbocycles. The Morgan fingerprint density at radius 2 is 2.25 bits per heavy atom. The van der Waals surface area contributed by atoms with Gasteiger partial charge in [-0.2, -0.15) is 5.10 Å². The molecule has 0 fully saturated rings. The summed E-state index contributed by atoms with van der Waals surface area (Å²) in [6, 6.07) is 0. The van der Waals surface area contributed by atoms with Crippen LogP contribution in [0.4, 0.5) is 5.82 Å². The number of fused-ring (bicyclic) bond motifs is 2. The van der Waals surface area contributed by atoms with E-state index in [2.05, 4.69) is 30.0 Å². The Balaban J connectivity index is 1.58. The van der Waals surface area contributed by atoms with Gasteiger partial charge in [0.15, 0.2) is 5.82 Å². The second kappa shape index (κ2) is 4.82. The third kappa shape index (κ3) is 1.94. The van der Waals surface area contributed by atoms with Crippen molar-refractivity contribution in [2.45, 2.75) is 32.4 Å². The Hall–Kier alpha value is -2.02. The number of hydrogen-bond acceptors (Lipinski definition) is 6. The third-order valence-corrected chi connectivity index (χ3v) is 4.38. The molecule has 1 aliphatic heterocycles. The number of aromatic nitrogens is 5. The molecule has 7 heteroatoms. The fourth-order valence-electron chi connectivity index (χ4n) is 2.64. The molecule has 0 saturated carbocycles. The van der Waals surface area contributed by atoms with Gasteiger partial charge in [0.25, 0.3) is 0 Å². The van der Waals surface area contributed by atoms with Crippen LogP contribution in [0.15, 0.2) is 18.0 Å². The fraction of sp³-hybridized carbons (Fsp3) is 0.385. The van der Waals surface area contributed by atoms with Crippen LogP contribution in [-0.2, 0) is 19.5 Å². The Labute approximate surface area is 119 Å². The van der Waals surface area contributed by atoms with Crippen LogP contribution < -0.4 is 5.32 Å². The summed E-state index contributed by atoms with van der Waals surface area (Å²) in [5, 5.41) is 7.82. The standard InChI is InChI=1S/C13H14N6S/c1-2-4-19-10(3-1)9(6-18-19)5-14-12-11-13(16-7-15-12)20-8-17-11/h6-8H,1-5H2,(H,14,15,16). The molecule has 0 bridgehead atoms. The Morgan fingerprint density at radius 3 is 3.25 bits per heavy atom. The first-order chi connectivity index (χ1) is 9.92. The van der Waals surface area contributed by atoms with E-state index in [9.17, 15) is 0 Å². The molecule has 0 amide bonds. The molecule has 4 rings (SSSR count). The molecule has 6 nitrogen and oxygen atoms in total. The number of anilines is 1. The van der Waals surface area contributed by atoms with E-state index in [1.807, 2.05) is 6.20 Å².